The maximum absolute atomic E-state index is 3.19. The first kappa shape index (κ1) is 13.7. The van der Waals surface area contributed by atoms with E-state index in [0.29, 0.717) is 0 Å². The van der Waals surface area contributed by atoms with Crippen LogP contribution in [0.25, 0.3) is 27.5 Å². The van der Waals surface area contributed by atoms with Crippen LogP contribution in [0.5, 0.6) is 0 Å². The van der Waals surface area contributed by atoms with E-state index in [9.17, 15) is 0 Å². The molecule has 0 aliphatic heterocycles. The second-order valence-electron chi connectivity index (χ2n) is 4.63. The first-order valence-electron chi connectivity index (χ1n) is 6.40. The first-order chi connectivity index (χ1) is 9.45. The van der Waals surface area contributed by atoms with Gasteiger partial charge in [0.05, 0.1) is 0 Å². The van der Waals surface area contributed by atoms with Gasteiger partial charge < -0.3 is 4.57 Å². The summed E-state index contributed by atoms with van der Waals surface area (Å²) in [7, 11) is 0. The van der Waals surface area contributed by atoms with Crippen LogP contribution in [0, 0.1) is 42.9 Å². The Morgan fingerprint density at radius 2 is 1.40 bits per heavy atom. The topological polar surface area (TPSA) is 4.93 Å². The van der Waals surface area contributed by atoms with Crippen molar-refractivity contribution in [1.82, 2.24) is 4.57 Å². The van der Waals surface area contributed by atoms with Crippen molar-refractivity contribution in [3.05, 3.63) is 78.9 Å². The normalized spacial score (nSPS) is 10.6. The monoisotopic (exact) mass is 411 g/mol. The summed E-state index contributed by atoms with van der Waals surface area (Å²) >= 11 is 0. The van der Waals surface area contributed by atoms with Gasteiger partial charge in [-0.1, -0.05) is 41.9 Å². The minimum Gasteiger partial charge on any atom is -0.364 e. The second-order valence-corrected chi connectivity index (χ2v) is 4.63. The fourth-order valence-electron chi connectivity index (χ4n) is 2.72. The van der Waals surface area contributed by atoms with Crippen molar-refractivity contribution in [3.8, 4) is 5.69 Å². The Balaban J connectivity index is 0.00000121. The molecule has 0 amide bonds. The van der Waals surface area contributed by atoms with Crippen LogP contribution in [0.1, 0.15) is 0 Å². The number of aromatic nitrogens is 1. The molecule has 2 heteroatoms. The molecule has 0 aliphatic rings. The number of benzene rings is 3. The van der Waals surface area contributed by atoms with Gasteiger partial charge in [0.25, 0.3) is 0 Å². The molecule has 4 aromatic rings. The SMILES string of the molecule is [Tm].[c-]1ccc2c3ccccc3n(-c3ccccc3)c2c1. The van der Waals surface area contributed by atoms with Gasteiger partial charge >= 0.3 is 0 Å². The molecule has 0 atom stereocenters. The molecule has 3 aromatic carbocycles. The van der Waals surface area contributed by atoms with Gasteiger partial charge in [-0.25, -0.2) is 0 Å². The van der Waals surface area contributed by atoms with Gasteiger partial charge in [0, 0.05) is 48.1 Å². The molecule has 0 fully saturated rings. The third kappa shape index (κ3) is 2.06. The molecule has 0 spiro atoms. The zero-order chi connectivity index (χ0) is 12.7. The summed E-state index contributed by atoms with van der Waals surface area (Å²) in [6.07, 6.45) is 0. The zero-order valence-electron chi connectivity index (χ0n) is 10.7. The number of fused-ring (bicyclic) bond motifs is 3. The molecule has 20 heavy (non-hydrogen) atoms. The smallest absolute Gasteiger partial charge is 0.0403 e. The summed E-state index contributed by atoms with van der Waals surface area (Å²) < 4.78 is 2.29. The van der Waals surface area contributed by atoms with E-state index in [-0.39, 0.29) is 36.9 Å². The van der Waals surface area contributed by atoms with E-state index in [1.807, 2.05) is 12.1 Å². The average Bonchev–Trinajstić information content (AvgIpc) is 2.83. The zero-order valence-corrected chi connectivity index (χ0v) is 12.4. The van der Waals surface area contributed by atoms with Crippen LogP contribution in [0.4, 0.5) is 0 Å². The molecule has 0 saturated heterocycles. The van der Waals surface area contributed by atoms with Gasteiger partial charge in [0.1, 0.15) is 0 Å². The van der Waals surface area contributed by atoms with Crippen LogP contribution in [0.2, 0.25) is 0 Å². The van der Waals surface area contributed by atoms with Crippen LogP contribution < -0.4 is 0 Å². The molecule has 0 bridgehead atoms. The van der Waals surface area contributed by atoms with Crippen molar-refractivity contribution < 1.29 is 36.9 Å². The fourth-order valence-corrected chi connectivity index (χ4v) is 2.72. The third-order valence-electron chi connectivity index (χ3n) is 3.53. The number of hydrogen-bond donors (Lipinski definition) is 0. The quantitative estimate of drug-likeness (QED) is 0.404. The summed E-state index contributed by atoms with van der Waals surface area (Å²) in [5.41, 5.74) is 3.63. The first-order valence-corrected chi connectivity index (χ1v) is 6.40. The summed E-state index contributed by atoms with van der Waals surface area (Å²) in [5, 5.41) is 2.56. The third-order valence-corrected chi connectivity index (χ3v) is 3.53. The van der Waals surface area contributed by atoms with Crippen LogP contribution in [0.3, 0.4) is 0 Å². The van der Waals surface area contributed by atoms with Crippen molar-refractivity contribution in [3.63, 3.8) is 0 Å². The Bertz CT molecular complexity index is 809. The predicted molar refractivity (Wildman–Crippen MR) is 79.6 cm³/mol. The van der Waals surface area contributed by atoms with E-state index in [2.05, 4.69) is 71.3 Å². The Kier molecular flexibility index (Phi) is 3.82. The van der Waals surface area contributed by atoms with Crippen LogP contribution in [0.15, 0.2) is 72.8 Å². The molecule has 1 nitrogen and oxygen atoms in total. The summed E-state index contributed by atoms with van der Waals surface area (Å²) in [5.74, 6) is 0. The minimum atomic E-state index is 0. The van der Waals surface area contributed by atoms with Crippen molar-refractivity contribution in [1.29, 1.82) is 0 Å². The van der Waals surface area contributed by atoms with Crippen LogP contribution >= 0.6 is 0 Å². The molecule has 1 aromatic heterocycles. The standard InChI is InChI=1S/C18H12N.Tm/c1-2-8-14(9-3-1)19-17-12-6-4-10-15(17)16-11-5-7-13-18(16)19;/h1-6,8-13H;/q-1;. The van der Waals surface area contributed by atoms with E-state index in [0.717, 1.165) is 0 Å². The van der Waals surface area contributed by atoms with Crippen molar-refractivity contribution >= 4 is 21.8 Å². The fraction of sp³-hybridized carbons (Fsp3) is 0. The summed E-state index contributed by atoms with van der Waals surface area (Å²) in [6.45, 7) is 0. The number of nitrogens with zero attached hydrogens (tertiary/aromatic N) is 1. The molecule has 0 unspecified atom stereocenters. The molecule has 1 radical (unpaired) electrons. The number of hydrogen-bond acceptors (Lipinski definition) is 0. The van der Waals surface area contributed by atoms with E-state index < -0.39 is 0 Å². The van der Waals surface area contributed by atoms with E-state index in [1.54, 1.807) is 0 Å². The Labute approximate surface area is 147 Å². The van der Waals surface area contributed by atoms with Gasteiger partial charge in [-0.15, -0.1) is 5.39 Å². The number of rotatable bonds is 1. The van der Waals surface area contributed by atoms with Crippen LogP contribution in [-0.4, -0.2) is 4.57 Å². The maximum atomic E-state index is 3.19. The molecule has 1 heterocycles. The molecule has 0 N–H and O–H groups in total. The molecule has 4 rings (SSSR count). The van der Waals surface area contributed by atoms with Gasteiger partial charge in [0.2, 0.25) is 0 Å². The number of para-hydroxylation sites is 2. The Morgan fingerprint density at radius 3 is 2.25 bits per heavy atom. The molecule has 0 saturated carbocycles. The summed E-state index contributed by atoms with van der Waals surface area (Å²) in [6, 6.07) is 28.3. The van der Waals surface area contributed by atoms with Gasteiger partial charge in [0.15, 0.2) is 0 Å². The van der Waals surface area contributed by atoms with Crippen molar-refractivity contribution in [2.75, 3.05) is 0 Å². The molecular weight excluding hydrogens is 399 g/mol. The minimum absolute atomic E-state index is 0. The van der Waals surface area contributed by atoms with E-state index in [1.165, 1.54) is 27.5 Å². The summed E-state index contributed by atoms with van der Waals surface area (Å²) in [4.78, 5) is 0. The second kappa shape index (κ2) is 5.59. The average molecular weight is 411 g/mol. The van der Waals surface area contributed by atoms with Crippen molar-refractivity contribution in [2.45, 2.75) is 0 Å². The molecule has 0 aliphatic carbocycles. The van der Waals surface area contributed by atoms with Gasteiger partial charge in [-0.05, 0) is 23.6 Å². The Hall–Kier alpha value is -1.31. The van der Waals surface area contributed by atoms with Gasteiger partial charge in [-0.3, -0.25) is 0 Å². The van der Waals surface area contributed by atoms with E-state index in [4.69, 9.17) is 0 Å². The maximum Gasteiger partial charge on any atom is 0.0403 e. The van der Waals surface area contributed by atoms with Crippen molar-refractivity contribution in [2.24, 2.45) is 0 Å². The van der Waals surface area contributed by atoms with Crippen LogP contribution in [-0.2, 0) is 0 Å². The molecule has 103 valence electrons. The largest absolute Gasteiger partial charge is 0.364 e. The van der Waals surface area contributed by atoms with Gasteiger partial charge in [-0.2, -0.15) is 24.3 Å². The van der Waals surface area contributed by atoms with E-state index >= 15 is 0 Å². The predicted octanol–water partition coefficient (Wildman–Crippen LogP) is 4.58. The Morgan fingerprint density at radius 1 is 0.700 bits per heavy atom. The molecular formula is C18H12NTm-.